The van der Waals surface area contributed by atoms with Crippen LogP contribution in [0.1, 0.15) is 10.4 Å². The summed E-state index contributed by atoms with van der Waals surface area (Å²) in [5.74, 6) is 0.270. The molecule has 1 aromatic heterocycles. The van der Waals surface area contributed by atoms with Crippen molar-refractivity contribution in [3.63, 3.8) is 0 Å². The Bertz CT molecular complexity index is 841. The van der Waals surface area contributed by atoms with E-state index in [2.05, 4.69) is 10.3 Å². The van der Waals surface area contributed by atoms with E-state index in [1.807, 2.05) is 30.3 Å². The second-order valence-corrected chi connectivity index (χ2v) is 4.80. The molecule has 2 aromatic carbocycles. The Kier molecular flexibility index (Phi) is 3.62. The maximum absolute atomic E-state index is 11.6. The number of nitrogens with two attached hydrogens (primary N) is 1. The molecule has 0 spiro atoms. The molecule has 5 heteroatoms. The van der Waals surface area contributed by atoms with Crippen molar-refractivity contribution in [3.05, 3.63) is 60.3 Å². The molecular formula is C17H15N3O2. The quantitative estimate of drug-likeness (QED) is 0.572. The molecule has 110 valence electrons. The third kappa shape index (κ3) is 2.56. The number of rotatable bonds is 3. The van der Waals surface area contributed by atoms with Gasteiger partial charge >= 0.3 is 5.97 Å². The number of nitrogens with one attached hydrogen (secondary N) is 1. The van der Waals surface area contributed by atoms with Crippen molar-refractivity contribution in [1.29, 1.82) is 0 Å². The average Bonchev–Trinajstić information content (AvgIpc) is 2.55. The SMILES string of the molecule is COC(=O)c1cccc(Nc2nccc3cccc(N)c23)c1. The molecule has 0 aliphatic heterocycles. The van der Waals surface area contributed by atoms with Crippen LogP contribution in [-0.4, -0.2) is 18.1 Å². The van der Waals surface area contributed by atoms with Crippen molar-refractivity contribution in [2.45, 2.75) is 0 Å². The van der Waals surface area contributed by atoms with Gasteiger partial charge in [-0.2, -0.15) is 0 Å². The van der Waals surface area contributed by atoms with E-state index in [1.165, 1.54) is 7.11 Å². The molecule has 0 aliphatic carbocycles. The lowest BCUT2D eigenvalue weighted by Gasteiger charge is -2.11. The number of hydrogen-bond acceptors (Lipinski definition) is 5. The lowest BCUT2D eigenvalue weighted by Crippen LogP contribution is -2.02. The molecule has 1 heterocycles. The number of carbonyl (C=O) groups is 1. The largest absolute Gasteiger partial charge is 0.465 e. The molecule has 3 aromatic rings. The number of fused-ring (bicyclic) bond motifs is 1. The van der Waals surface area contributed by atoms with Gasteiger partial charge in [0.25, 0.3) is 0 Å². The van der Waals surface area contributed by atoms with Gasteiger partial charge in [0.05, 0.1) is 12.7 Å². The minimum absolute atomic E-state index is 0.381. The molecule has 0 radical (unpaired) electrons. The van der Waals surface area contributed by atoms with E-state index >= 15 is 0 Å². The number of hydrogen-bond donors (Lipinski definition) is 2. The smallest absolute Gasteiger partial charge is 0.337 e. The fourth-order valence-electron chi connectivity index (χ4n) is 2.33. The Morgan fingerprint density at radius 1 is 1.18 bits per heavy atom. The van der Waals surface area contributed by atoms with Crippen molar-refractivity contribution in [2.24, 2.45) is 0 Å². The zero-order valence-corrected chi connectivity index (χ0v) is 12.0. The van der Waals surface area contributed by atoms with Crippen molar-refractivity contribution in [2.75, 3.05) is 18.2 Å². The van der Waals surface area contributed by atoms with Gasteiger partial charge in [-0.1, -0.05) is 18.2 Å². The zero-order chi connectivity index (χ0) is 15.5. The van der Waals surface area contributed by atoms with E-state index in [1.54, 1.807) is 24.4 Å². The first-order chi connectivity index (χ1) is 10.7. The van der Waals surface area contributed by atoms with E-state index in [0.717, 1.165) is 16.5 Å². The minimum atomic E-state index is -0.381. The summed E-state index contributed by atoms with van der Waals surface area (Å²) in [5.41, 5.74) is 7.92. The maximum Gasteiger partial charge on any atom is 0.337 e. The number of esters is 1. The number of anilines is 3. The van der Waals surface area contributed by atoms with Crippen LogP contribution < -0.4 is 11.1 Å². The van der Waals surface area contributed by atoms with Crippen molar-refractivity contribution < 1.29 is 9.53 Å². The van der Waals surface area contributed by atoms with Crippen LogP contribution in [0.4, 0.5) is 17.2 Å². The van der Waals surface area contributed by atoms with Gasteiger partial charge in [-0.05, 0) is 35.7 Å². The molecule has 0 saturated heterocycles. The summed E-state index contributed by atoms with van der Waals surface area (Å²) in [4.78, 5) is 15.9. The minimum Gasteiger partial charge on any atom is -0.465 e. The highest BCUT2D eigenvalue weighted by Gasteiger charge is 2.09. The molecule has 0 atom stereocenters. The maximum atomic E-state index is 11.6. The van der Waals surface area contributed by atoms with Gasteiger partial charge in [-0.3, -0.25) is 0 Å². The highest BCUT2D eigenvalue weighted by molar-refractivity contribution is 6.01. The van der Waals surface area contributed by atoms with E-state index in [4.69, 9.17) is 10.5 Å². The number of pyridine rings is 1. The number of aromatic nitrogens is 1. The number of carbonyl (C=O) groups excluding carboxylic acids is 1. The van der Waals surface area contributed by atoms with Crippen LogP contribution in [0, 0.1) is 0 Å². The van der Waals surface area contributed by atoms with Gasteiger partial charge in [0.15, 0.2) is 0 Å². The van der Waals surface area contributed by atoms with Crippen LogP contribution in [0.5, 0.6) is 0 Å². The molecular weight excluding hydrogens is 278 g/mol. The van der Waals surface area contributed by atoms with Crippen LogP contribution in [0.25, 0.3) is 10.8 Å². The molecule has 0 unspecified atom stereocenters. The Labute approximate surface area is 127 Å². The van der Waals surface area contributed by atoms with Crippen LogP contribution in [0.15, 0.2) is 54.7 Å². The predicted octanol–water partition coefficient (Wildman–Crippen LogP) is 3.35. The van der Waals surface area contributed by atoms with Crippen LogP contribution in [-0.2, 0) is 4.74 Å². The van der Waals surface area contributed by atoms with E-state index < -0.39 is 0 Å². The third-order valence-electron chi connectivity index (χ3n) is 3.37. The summed E-state index contributed by atoms with van der Waals surface area (Å²) in [5, 5.41) is 5.06. The fraction of sp³-hybridized carbons (Fsp3) is 0.0588. The first kappa shape index (κ1) is 13.9. The number of methoxy groups -OCH3 is 1. The lowest BCUT2D eigenvalue weighted by molar-refractivity contribution is 0.0601. The summed E-state index contributed by atoms with van der Waals surface area (Å²) in [6, 6.07) is 14.7. The van der Waals surface area contributed by atoms with Crippen LogP contribution in [0.2, 0.25) is 0 Å². The van der Waals surface area contributed by atoms with Gasteiger partial charge in [0, 0.05) is 23.0 Å². The summed E-state index contributed by atoms with van der Waals surface area (Å²) >= 11 is 0. The summed E-state index contributed by atoms with van der Waals surface area (Å²) in [7, 11) is 1.36. The molecule has 0 fully saturated rings. The average molecular weight is 293 g/mol. The zero-order valence-electron chi connectivity index (χ0n) is 12.0. The summed E-state index contributed by atoms with van der Waals surface area (Å²) in [6.45, 7) is 0. The molecule has 0 saturated carbocycles. The first-order valence-corrected chi connectivity index (χ1v) is 6.77. The monoisotopic (exact) mass is 293 g/mol. The first-order valence-electron chi connectivity index (χ1n) is 6.77. The number of nitrogens with zero attached hydrogens (tertiary/aromatic N) is 1. The Morgan fingerprint density at radius 2 is 2.00 bits per heavy atom. The van der Waals surface area contributed by atoms with Crippen LogP contribution >= 0.6 is 0 Å². The molecule has 0 bridgehead atoms. The number of benzene rings is 2. The summed E-state index contributed by atoms with van der Waals surface area (Å²) in [6.07, 6.45) is 1.72. The van der Waals surface area contributed by atoms with Gasteiger partial charge in [0.1, 0.15) is 5.82 Å². The normalized spacial score (nSPS) is 10.4. The van der Waals surface area contributed by atoms with Crippen molar-refractivity contribution in [3.8, 4) is 0 Å². The topological polar surface area (TPSA) is 77.2 Å². The Hall–Kier alpha value is -3.08. The molecule has 5 nitrogen and oxygen atoms in total. The standard InChI is InChI=1S/C17H15N3O2/c1-22-17(21)12-5-2-6-13(10-12)20-16-15-11(8-9-19-16)4-3-7-14(15)18/h2-10H,18H2,1H3,(H,19,20). The van der Waals surface area contributed by atoms with E-state index in [9.17, 15) is 4.79 Å². The highest BCUT2D eigenvalue weighted by atomic mass is 16.5. The van der Waals surface area contributed by atoms with Crippen molar-refractivity contribution >= 4 is 33.9 Å². The Balaban J connectivity index is 2.02. The number of ether oxygens (including phenoxy) is 1. The van der Waals surface area contributed by atoms with Crippen molar-refractivity contribution in [1.82, 2.24) is 4.98 Å². The molecule has 3 N–H and O–H groups in total. The van der Waals surface area contributed by atoms with Gasteiger partial charge in [-0.25, -0.2) is 9.78 Å². The highest BCUT2D eigenvalue weighted by Crippen LogP contribution is 2.29. The second-order valence-electron chi connectivity index (χ2n) is 4.80. The predicted molar refractivity (Wildman–Crippen MR) is 87.2 cm³/mol. The van der Waals surface area contributed by atoms with Crippen LogP contribution in [0.3, 0.4) is 0 Å². The van der Waals surface area contributed by atoms with Gasteiger partial charge in [-0.15, -0.1) is 0 Å². The van der Waals surface area contributed by atoms with E-state index in [-0.39, 0.29) is 5.97 Å². The molecule has 0 amide bonds. The fourth-order valence-corrected chi connectivity index (χ4v) is 2.33. The number of nitrogen functional groups attached to an aromatic ring is 1. The molecule has 3 rings (SSSR count). The second kappa shape index (κ2) is 5.73. The lowest BCUT2D eigenvalue weighted by atomic mass is 10.1. The molecule has 0 aliphatic rings. The Morgan fingerprint density at radius 3 is 2.82 bits per heavy atom. The van der Waals surface area contributed by atoms with Gasteiger partial charge < -0.3 is 15.8 Å². The summed E-state index contributed by atoms with van der Waals surface area (Å²) < 4.78 is 4.73. The third-order valence-corrected chi connectivity index (χ3v) is 3.37. The van der Waals surface area contributed by atoms with Gasteiger partial charge in [0.2, 0.25) is 0 Å². The molecule has 22 heavy (non-hydrogen) atoms. The van der Waals surface area contributed by atoms with E-state index in [0.29, 0.717) is 17.1 Å².